The Balaban J connectivity index is 2.35. The molecule has 100 valence electrons. The van der Waals surface area contributed by atoms with Gasteiger partial charge in [0, 0.05) is 4.47 Å². The minimum absolute atomic E-state index is 0.0857. The number of nitrogens with zero attached hydrogens (tertiary/aromatic N) is 2. The zero-order valence-electron chi connectivity index (χ0n) is 10.0. The van der Waals surface area contributed by atoms with Crippen LogP contribution in [0.2, 0.25) is 0 Å². The Labute approximate surface area is 122 Å². The maximum atomic E-state index is 13.1. The number of pyridine rings is 1. The van der Waals surface area contributed by atoms with E-state index in [-0.39, 0.29) is 16.9 Å². The van der Waals surface area contributed by atoms with Crippen LogP contribution >= 0.6 is 15.9 Å². The van der Waals surface area contributed by atoms with Crippen molar-refractivity contribution in [2.75, 3.05) is 11.1 Å². The number of hydrogen-bond acceptors (Lipinski definition) is 4. The molecule has 0 atom stereocenters. The number of halogens is 2. The van der Waals surface area contributed by atoms with Gasteiger partial charge in [-0.3, -0.25) is 4.79 Å². The van der Waals surface area contributed by atoms with Gasteiger partial charge >= 0.3 is 0 Å². The van der Waals surface area contributed by atoms with E-state index in [0.29, 0.717) is 10.2 Å². The zero-order valence-corrected chi connectivity index (χ0v) is 11.6. The Morgan fingerprint density at radius 2 is 2.20 bits per heavy atom. The zero-order chi connectivity index (χ0) is 14.7. The van der Waals surface area contributed by atoms with E-state index in [2.05, 4.69) is 26.2 Å². The number of carbonyl (C=O) groups excluding carboxylic acids is 1. The molecule has 0 spiro atoms. The Hall–Kier alpha value is -2.46. The number of aromatic nitrogens is 1. The second-order valence-electron chi connectivity index (χ2n) is 3.84. The van der Waals surface area contributed by atoms with Gasteiger partial charge in [-0.25, -0.2) is 9.37 Å². The fourth-order valence-corrected chi connectivity index (χ4v) is 1.90. The molecule has 0 saturated carbocycles. The third-order valence-corrected chi connectivity index (χ3v) is 2.97. The molecule has 7 heteroatoms. The summed E-state index contributed by atoms with van der Waals surface area (Å²) in [6, 6.07) is 7.73. The number of nitriles is 1. The molecule has 5 nitrogen and oxygen atoms in total. The van der Waals surface area contributed by atoms with E-state index < -0.39 is 11.7 Å². The summed E-state index contributed by atoms with van der Waals surface area (Å²) < 4.78 is 13.8. The number of nitrogen functional groups attached to an aromatic ring is 1. The third-order valence-electron chi connectivity index (χ3n) is 2.48. The van der Waals surface area contributed by atoms with E-state index >= 15 is 0 Å². The van der Waals surface area contributed by atoms with Gasteiger partial charge in [0.15, 0.2) is 0 Å². The molecule has 0 fully saturated rings. The number of nitrogens with two attached hydrogens (primary N) is 1. The molecule has 1 amide bonds. The third kappa shape index (κ3) is 2.92. The molecule has 0 saturated heterocycles. The number of rotatable bonds is 2. The second-order valence-corrected chi connectivity index (χ2v) is 4.76. The predicted molar refractivity (Wildman–Crippen MR) is 75.4 cm³/mol. The van der Waals surface area contributed by atoms with Crippen molar-refractivity contribution in [2.45, 2.75) is 0 Å². The van der Waals surface area contributed by atoms with Crippen LogP contribution in [-0.4, -0.2) is 10.9 Å². The molecule has 2 rings (SSSR count). The first-order valence-corrected chi connectivity index (χ1v) is 6.22. The number of amides is 1. The highest BCUT2D eigenvalue weighted by atomic mass is 79.9. The van der Waals surface area contributed by atoms with E-state index in [9.17, 15) is 9.18 Å². The molecule has 0 aliphatic heterocycles. The van der Waals surface area contributed by atoms with Crippen LogP contribution in [0, 0.1) is 17.1 Å². The molecule has 3 N–H and O–H groups in total. The standard InChI is InChI=1S/C13H8BrFN4O/c14-8-2-1-7(5-16)11(3-8)19-13(20)10-4-9(15)6-18-12(10)17/h1-4,6H,(H2,17,18)(H,19,20). The molecule has 0 aliphatic rings. The fourth-order valence-electron chi connectivity index (χ4n) is 1.54. The van der Waals surface area contributed by atoms with Crippen molar-refractivity contribution in [2.24, 2.45) is 0 Å². The average molecular weight is 335 g/mol. The minimum Gasteiger partial charge on any atom is -0.383 e. The van der Waals surface area contributed by atoms with E-state index in [1.54, 1.807) is 18.2 Å². The van der Waals surface area contributed by atoms with Crippen molar-refractivity contribution >= 4 is 33.3 Å². The first kappa shape index (κ1) is 14.0. The van der Waals surface area contributed by atoms with Crippen molar-refractivity contribution in [1.82, 2.24) is 4.98 Å². The maximum Gasteiger partial charge on any atom is 0.259 e. The summed E-state index contributed by atoms with van der Waals surface area (Å²) in [4.78, 5) is 15.6. The lowest BCUT2D eigenvalue weighted by Crippen LogP contribution is -2.16. The van der Waals surface area contributed by atoms with Crippen LogP contribution in [0.25, 0.3) is 0 Å². The number of carbonyl (C=O) groups is 1. The topological polar surface area (TPSA) is 91.8 Å². The highest BCUT2D eigenvalue weighted by Crippen LogP contribution is 2.22. The Morgan fingerprint density at radius 3 is 2.90 bits per heavy atom. The molecule has 0 unspecified atom stereocenters. The van der Waals surface area contributed by atoms with Crippen molar-refractivity contribution in [1.29, 1.82) is 5.26 Å². The van der Waals surface area contributed by atoms with Gasteiger partial charge in [-0.2, -0.15) is 5.26 Å². The summed E-state index contributed by atoms with van der Waals surface area (Å²) in [6.45, 7) is 0. The predicted octanol–water partition coefficient (Wildman–Crippen LogP) is 2.69. The fraction of sp³-hybridized carbons (Fsp3) is 0. The molecule has 20 heavy (non-hydrogen) atoms. The molecule has 0 radical (unpaired) electrons. The summed E-state index contributed by atoms with van der Waals surface area (Å²) >= 11 is 3.24. The number of nitrogens with one attached hydrogen (secondary N) is 1. The molecule has 1 aromatic heterocycles. The first-order valence-electron chi connectivity index (χ1n) is 5.43. The van der Waals surface area contributed by atoms with Crippen molar-refractivity contribution in [3.05, 3.63) is 51.9 Å². The van der Waals surface area contributed by atoms with E-state index in [1.807, 2.05) is 6.07 Å². The monoisotopic (exact) mass is 334 g/mol. The SMILES string of the molecule is N#Cc1ccc(Br)cc1NC(=O)c1cc(F)cnc1N. The average Bonchev–Trinajstić information content (AvgIpc) is 2.41. The molecule has 2 aromatic rings. The Morgan fingerprint density at radius 1 is 1.45 bits per heavy atom. The van der Waals surface area contributed by atoms with Gasteiger partial charge < -0.3 is 11.1 Å². The summed E-state index contributed by atoms with van der Waals surface area (Å²) in [5.74, 6) is -1.39. The summed E-state index contributed by atoms with van der Waals surface area (Å²) in [7, 11) is 0. The van der Waals surface area contributed by atoms with Crippen LogP contribution in [0.15, 0.2) is 34.9 Å². The quantitative estimate of drug-likeness (QED) is 0.883. The van der Waals surface area contributed by atoms with Crippen molar-refractivity contribution < 1.29 is 9.18 Å². The Bertz CT molecular complexity index is 727. The van der Waals surface area contributed by atoms with Gasteiger partial charge in [0.1, 0.15) is 17.7 Å². The minimum atomic E-state index is -0.668. The number of hydrogen-bond donors (Lipinski definition) is 2. The Kier molecular flexibility index (Phi) is 3.96. The van der Waals surface area contributed by atoms with Gasteiger partial charge in [0.2, 0.25) is 0 Å². The lowest BCUT2D eigenvalue weighted by atomic mass is 10.1. The van der Waals surface area contributed by atoms with Crippen LogP contribution in [0.5, 0.6) is 0 Å². The lowest BCUT2D eigenvalue weighted by molar-refractivity contribution is 0.102. The van der Waals surface area contributed by atoms with Crippen LogP contribution in [0.4, 0.5) is 15.9 Å². The van der Waals surface area contributed by atoms with E-state index in [4.69, 9.17) is 11.0 Å². The van der Waals surface area contributed by atoms with Gasteiger partial charge in [-0.1, -0.05) is 15.9 Å². The number of benzene rings is 1. The molecule has 0 aliphatic carbocycles. The second kappa shape index (κ2) is 5.67. The van der Waals surface area contributed by atoms with Gasteiger partial charge in [0.25, 0.3) is 5.91 Å². The normalized spacial score (nSPS) is 9.85. The molecular formula is C13H8BrFN4O. The van der Waals surface area contributed by atoms with Crippen molar-refractivity contribution in [3.63, 3.8) is 0 Å². The highest BCUT2D eigenvalue weighted by molar-refractivity contribution is 9.10. The van der Waals surface area contributed by atoms with Gasteiger partial charge in [-0.15, -0.1) is 0 Å². The van der Waals surface area contributed by atoms with E-state index in [0.717, 1.165) is 12.3 Å². The van der Waals surface area contributed by atoms with E-state index in [1.165, 1.54) is 0 Å². The van der Waals surface area contributed by atoms with Crippen LogP contribution in [0.1, 0.15) is 15.9 Å². The number of anilines is 2. The molecule has 0 bridgehead atoms. The largest absolute Gasteiger partial charge is 0.383 e. The van der Waals surface area contributed by atoms with Gasteiger partial charge in [-0.05, 0) is 24.3 Å². The maximum absolute atomic E-state index is 13.1. The van der Waals surface area contributed by atoms with Crippen LogP contribution in [-0.2, 0) is 0 Å². The highest BCUT2D eigenvalue weighted by Gasteiger charge is 2.14. The summed E-state index contributed by atoms with van der Waals surface area (Å²) in [5, 5.41) is 11.5. The summed E-state index contributed by atoms with van der Waals surface area (Å²) in [5.41, 5.74) is 6.03. The molecule has 1 heterocycles. The molecular weight excluding hydrogens is 327 g/mol. The van der Waals surface area contributed by atoms with Crippen LogP contribution < -0.4 is 11.1 Å². The summed E-state index contributed by atoms with van der Waals surface area (Å²) in [6.07, 6.45) is 0.923. The lowest BCUT2D eigenvalue weighted by Gasteiger charge is -2.09. The van der Waals surface area contributed by atoms with Crippen LogP contribution in [0.3, 0.4) is 0 Å². The van der Waals surface area contributed by atoms with Gasteiger partial charge in [0.05, 0.1) is 23.0 Å². The first-order chi connectivity index (χ1) is 9.51. The smallest absolute Gasteiger partial charge is 0.259 e. The molecule has 1 aromatic carbocycles. The van der Waals surface area contributed by atoms with Crippen molar-refractivity contribution in [3.8, 4) is 6.07 Å².